The van der Waals surface area contributed by atoms with Gasteiger partial charge in [-0.25, -0.2) is 8.42 Å². The lowest BCUT2D eigenvalue weighted by molar-refractivity contribution is -0.120. The normalized spacial score (nSPS) is 12.8. The molecule has 1 rings (SSSR count). The Bertz CT molecular complexity index is 540. The van der Waals surface area contributed by atoms with Crippen LogP contribution in [0.4, 0.5) is 0 Å². The van der Waals surface area contributed by atoms with Gasteiger partial charge in [-0.2, -0.15) is 0 Å². The van der Waals surface area contributed by atoms with E-state index in [2.05, 4.69) is 19.2 Å². The van der Waals surface area contributed by atoms with E-state index >= 15 is 0 Å². The van der Waals surface area contributed by atoms with Gasteiger partial charge in [0.15, 0.2) is 9.84 Å². The van der Waals surface area contributed by atoms with Crippen LogP contribution in [0.15, 0.2) is 35.2 Å². The molecule has 0 spiro atoms. The van der Waals surface area contributed by atoms with Crippen LogP contribution in [0.3, 0.4) is 0 Å². The Morgan fingerprint density at radius 3 is 2.45 bits per heavy atom. The second-order valence-corrected chi connectivity index (χ2v) is 7.71. The Labute approximate surface area is 134 Å². The lowest BCUT2D eigenvalue weighted by Gasteiger charge is -2.15. The second kappa shape index (κ2) is 9.62. The fourth-order valence-corrected chi connectivity index (χ4v) is 3.52. The maximum Gasteiger partial charge on any atom is 0.221 e. The number of sulfone groups is 1. The molecule has 0 fully saturated rings. The Hall–Kier alpha value is -1.36. The monoisotopic (exact) mass is 325 g/mol. The number of nitrogens with one attached hydrogen (secondary N) is 1. The zero-order valence-corrected chi connectivity index (χ0v) is 14.4. The van der Waals surface area contributed by atoms with Crippen molar-refractivity contribution in [3.8, 4) is 0 Å². The van der Waals surface area contributed by atoms with E-state index in [0.29, 0.717) is 12.5 Å². The summed E-state index contributed by atoms with van der Waals surface area (Å²) in [5.74, 6) is 0.151. The van der Waals surface area contributed by atoms with Gasteiger partial charge in [0, 0.05) is 13.0 Å². The number of carbonyl (C=O) groups is 1. The van der Waals surface area contributed by atoms with Gasteiger partial charge in [0.05, 0.1) is 10.6 Å². The summed E-state index contributed by atoms with van der Waals surface area (Å²) in [5, 5.41) is 2.86. The average molecular weight is 325 g/mol. The smallest absolute Gasteiger partial charge is 0.221 e. The van der Waals surface area contributed by atoms with Crippen LogP contribution >= 0.6 is 0 Å². The van der Waals surface area contributed by atoms with Crippen molar-refractivity contribution in [3.05, 3.63) is 30.3 Å². The van der Waals surface area contributed by atoms with Crippen molar-refractivity contribution in [2.24, 2.45) is 5.92 Å². The third-order valence-electron chi connectivity index (χ3n) is 3.83. The molecule has 1 atom stereocenters. The van der Waals surface area contributed by atoms with Crippen molar-refractivity contribution in [3.63, 3.8) is 0 Å². The molecule has 1 aromatic carbocycles. The van der Waals surface area contributed by atoms with Crippen molar-refractivity contribution in [2.75, 3.05) is 12.3 Å². The average Bonchev–Trinajstić information content (AvgIpc) is 2.54. The molecular formula is C17H27NO3S. The maximum atomic E-state index is 12.1. The topological polar surface area (TPSA) is 63.2 Å². The molecule has 0 aliphatic heterocycles. The van der Waals surface area contributed by atoms with E-state index in [9.17, 15) is 13.2 Å². The number of unbranched alkanes of at least 4 members (excludes halogenated alkanes) is 1. The summed E-state index contributed by atoms with van der Waals surface area (Å²) in [5.41, 5.74) is 0. The molecule has 0 saturated carbocycles. The highest BCUT2D eigenvalue weighted by molar-refractivity contribution is 7.91. The zero-order chi connectivity index (χ0) is 16.4. The molecule has 124 valence electrons. The van der Waals surface area contributed by atoms with E-state index in [-0.39, 0.29) is 23.0 Å². The number of carbonyl (C=O) groups excluding carboxylic acids is 1. The molecule has 0 saturated heterocycles. The first kappa shape index (κ1) is 18.7. The van der Waals surface area contributed by atoms with Crippen molar-refractivity contribution in [1.29, 1.82) is 0 Å². The largest absolute Gasteiger partial charge is 0.356 e. The molecule has 1 amide bonds. The van der Waals surface area contributed by atoms with Crippen LogP contribution in [0.5, 0.6) is 0 Å². The van der Waals surface area contributed by atoms with Crippen molar-refractivity contribution in [2.45, 2.75) is 50.8 Å². The van der Waals surface area contributed by atoms with Gasteiger partial charge in [0.2, 0.25) is 5.91 Å². The first-order chi connectivity index (χ1) is 10.5. The van der Waals surface area contributed by atoms with Crippen LogP contribution in [0, 0.1) is 5.92 Å². The SMILES string of the molecule is CCCCC(CC)CNC(=O)CCS(=O)(=O)c1ccccc1. The molecule has 1 N–H and O–H groups in total. The zero-order valence-electron chi connectivity index (χ0n) is 13.5. The number of hydrogen-bond donors (Lipinski definition) is 1. The van der Waals surface area contributed by atoms with Gasteiger partial charge in [-0.3, -0.25) is 4.79 Å². The van der Waals surface area contributed by atoms with Crippen LogP contribution in [0.25, 0.3) is 0 Å². The van der Waals surface area contributed by atoms with E-state index < -0.39 is 9.84 Å². The minimum atomic E-state index is -3.37. The quantitative estimate of drug-likeness (QED) is 0.718. The van der Waals surface area contributed by atoms with Crippen LogP contribution in [0.2, 0.25) is 0 Å². The molecule has 0 aromatic heterocycles. The molecule has 0 radical (unpaired) electrons. The van der Waals surface area contributed by atoms with Crippen molar-refractivity contribution >= 4 is 15.7 Å². The molecule has 4 nitrogen and oxygen atoms in total. The van der Waals surface area contributed by atoms with E-state index in [4.69, 9.17) is 0 Å². The summed E-state index contributed by atoms with van der Waals surface area (Å²) in [4.78, 5) is 12.1. The minimum absolute atomic E-state index is 0.0153. The molecular weight excluding hydrogens is 298 g/mol. The van der Waals surface area contributed by atoms with Gasteiger partial charge in [-0.05, 0) is 24.5 Å². The first-order valence-electron chi connectivity index (χ1n) is 8.04. The molecule has 0 aliphatic rings. The van der Waals surface area contributed by atoms with Gasteiger partial charge in [0.1, 0.15) is 0 Å². The Morgan fingerprint density at radius 1 is 1.18 bits per heavy atom. The lowest BCUT2D eigenvalue weighted by Crippen LogP contribution is -2.30. The molecule has 1 unspecified atom stereocenters. The highest BCUT2D eigenvalue weighted by Gasteiger charge is 2.16. The van der Waals surface area contributed by atoms with Crippen LogP contribution in [0.1, 0.15) is 46.0 Å². The van der Waals surface area contributed by atoms with Gasteiger partial charge in [0.25, 0.3) is 0 Å². The third kappa shape index (κ3) is 6.60. The first-order valence-corrected chi connectivity index (χ1v) is 9.69. The standard InChI is InChI=1S/C17H27NO3S/c1-3-5-9-15(4-2)14-18-17(19)12-13-22(20,21)16-10-7-6-8-11-16/h6-8,10-11,15H,3-5,9,12-14H2,1-2H3,(H,18,19). The van der Waals surface area contributed by atoms with E-state index in [1.807, 2.05) is 0 Å². The third-order valence-corrected chi connectivity index (χ3v) is 5.56. The molecule has 22 heavy (non-hydrogen) atoms. The highest BCUT2D eigenvalue weighted by atomic mass is 32.2. The summed E-state index contributed by atoms with van der Waals surface area (Å²) in [6.45, 7) is 4.91. The van der Waals surface area contributed by atoms with Gasteiger partial charge < -0.3 is 5.32 Å². The number of rotatable bonds is 10. The Balaban J connectivity index is 2.39. The summed E-state index contributed by atoms with van der Waals surface area (Å²) < 4.78 is 24.2. The van der Waals surface area contributed by atoms with Gasteiger partial charge in [-0.1, -0.05) is 51.3 Å². The molecule has 1 aromatic rings. The maximum absolute atomic E-state index is 12.1. The van der Waals surface area contributed by atoms with Crippen LogP contribution < -0.4 is 5.32 Å². The fourth-order valence-electron chi connectivity index (χ4n) is 2.26. The fraction of sp³-hybridized carbons (Fsp3) is 0.588. The summed E-state index contributed by atoms with van der Waals surface area (Å²) in [6, 6.07) is 8.27. The molecule has 0 heterocycles. The highest BCUT2D eigenvalue weighted by Crippen LogP contribution is 2.12. The van der Waals surface area contributed by atoms with Crippen molar-refractivity contribution < 1.29 is 13.2 Å². The van der Waals surface area contributed by atoms with Crippen LogP contribution in [-0.2, 0) is 14.6 Å². The lowest BCUT2D eigenvalue weighted by atomic mass is 9.99. The predicted molar refractivity (Wildman–Crippen MR) is 89.4 cm³/mol. The van der Waals surface area contributed by atoms with E-state index in [1.165, 1.54) is 0 Å². The molecule has 0 aliphatic carbocycles. The molecule has 0 bridgehead atoms. The Morgan fingerprint density at radius 2 is 1.86 bits per heavy atom. The summed E-state index contributed by atoms with van der Waals surface area (Å²) >= 11 is 0. The van der Waals surface area contributed by atoms with E-state index in [1.54, 1.807) is 30.3 Å². The minimum Gasteiger partial charge on any atom is -0.356 e. The van der Waals surface area contributed by atoms with Gasteiger partial charge in [-0.15, -0.1) is 0 Å². The summed E-state index contributed by atoms with van der Waals surface area (Å²) in [6.07, 6.45) is 4.47. The Kier molecular flexibility index (Phi) is 8.17. The predicted octanol–water partition coefficient (Wildman–Crippen LogP) is 3.18. The molecule has 5 heteroatoms. The van der Waals surface area contributed by atoms with E-state index in [0.717, 1.165) is 25.7 Å². The number of hydrogen-bond acceptors (Lipinski definition) is 3. The second-order valence-electron chi connectivity index (χ2n) is 5.60. The van der Waals surface area contributed by atoms with Crippen molar-refractivity contribution in [1.82, 2.24) is 5.32 Å². The number of amides is 1. The van der Waals surface area contributed by atoms with Crippen LogP contribution in [-0.4, -0.2) is 26.6 Å². The summed E-state index contributed by atoms with van der Waals surface area (Å²) in [7, 11) is -3.37. The number of benzene rings is 1. The van der Waals surface area contributed by atoms with Gasteiger partial charge >= 0.3 is 0 Å².